The molecular formula is C41H53N5O5. The van der Waals surface area contributed by atoms with Gasteiger partial charge in [0.2, 0.25) is 0 Å². The van der Waals surface area contributed by atoms with Crippen LogP contribution in [0.25, 0.3) is 10.9 Å². The number of anilines is 1. The lowest BCUT2D eigenvalue weighted by Gasteiger charge is -2.63. The summed E-state index contributed by atoms with van der Waals surface area (Å²) in [6.07, 6.45) is 7.23. The second-order valence-corrected chi connectivity index (χ2v) is 16.8. The molecule has 1 aromatic heterocycles. The number of piperidine rings is 1. The van der Waals surface area contributed by atoms with Crippen molar-refractivity contribution < 1.29 is 24.9 Å². The van der Waals surface area contributed by atoms with E-state index >= 15 is 0 Å². The molecule has 2 aromatic carbocycles. The Kier molecular flexibility index (Phi) is 7.40. The number of aromatic amines is 1. The van der Waals surface area contributed by atoms with Gasteiger partial charge in [-0.2, -0.15) is 0 Å². The molecule has 6 N–H and O–H groups in total. The van der Waals surface area contributed by atoms with E-state index in [1.807, 2.05) is 18.9 Å². The number of fused-ring (bicyclic) bond motifs is 6. The zero-order valence-electron chi connectivity index (χ0n) is 30.4. The number of aliphatic hydroxyl groups excluding tert-OH is 1. The van der Waals surface area contributed by atoms with Crippen LogP contribution in [-0.4, -0.2) is 112 Å². The van der Waals surface area contributed by atoms with E-state index < -0.39 is 40.1 Å². The van der Waals surface area contributed by atoms with Crippen molar-refractivity contribution in [3.8, 4) is 5.75 Å². The predicted octanol–water partition coefficient (Wildman–Crippen LogP) is 3.41. The third-order valence-electron chi connectivity index (χ3n) is 14.6. The van der Waals surface area contributed by atoms with E-state index in [-0.39, 0.29) is 17.9 Å². The fourth-order valence-corrected chi connectivity index (χ4v) is 12.5. The Morgan fingerprint density at radius 3 is 2.67 bits per heavy atom. The highest BCUT2D eigenvalue weighted by molar-refractivity contribution is 5.89. The standard InChI is InChI=1S/C41H53N5O5/c1-5-38(49)21-24-18-28(33-26(12-16-45(22-24)23-38)25-10-7-8-11-30(25)43-33)27-19-29-31(20-32(27)51-4)44(3)35-40(29)14-17-46-15-9-13-39(6-2,34(40)46)36(47)41(35,50)37(42)48/h7-11,13,19-20,24,28,34-36,43,47,49-50H,5-6,12,14-18,21-23H2,1-4H3,(H2,42,48)/t24-,28+,34-,35+,36+,38-,39+,40+,41-/m0/s1. The third kappa shape index (κ3) is 4.25. The lowest BCUT2D eigenvalue weighted by Crippen LogP contribution is -2.81. The Labute approximate surface area is 300 Å². The van der Waals surface area contributed by atoms with Gasteiger partial charge in [0.25, 0.3) is 5.91 Å². The van der Waals surface area contributed by atoms with Crippen molar-refractivity contribution in [1.82, 2.24) is 14.8 Å². The molecule has 3 aromatic rings. The number of carbonyl (C=O) groups excluding carboxylic acids is 1. The number of nitrogens with one attached hydrogen (secondary N) is 1. The van der Waals surface area contributed by atoms with Crippen LogP contribution in [0.5, 0.6) is 5.75 Å². The highest BCUT2D eigenvalue weighted by Crippen LogP contribution is 2.67. The number of nitrogens with zero attached hydrogens (tertiary/aromatic N) is 3. The van der Waals surface area contributed by atoms with Crippen LogP contribution in [0.15, 0.2) is 48.6 Å². The smallest absolute Gasteiger partial charge is 0.254 e. The molecule has 1 amide bonds. The Morgan fingerprint density at radius 1 is 1.12 bits per heavy atom. The van der Waals surface area contributed by atoms with E-state index in [9.17, 15) is 20.1 Å². The number of hydrogen-bond donors (Lipinski definition) is 5. The number of methoxy groups -OCH3 is 1. The van der Waals surface area contributed by atoms with Gasteiger partial charge in [-0.05, 0) is 74.2 Å². The van der Waals surface area contributed by atoms with Crippen LogP contribution >= 0.6 is 0 Å². The maximum absolute atomic E-state index is 13.6. The average Bonchev–Trinajstić information content (AvgIpc) is 3.78. The summed E-state index contributed by atoms with van der Waals surface area (Å²) in [5, 5.41) is 37.8. The van der Waals surface area contributed by atoms with Crippen molar-refractivity contribution in [1.29, 1.82) is 0 Å². The Morgan fingerprint density at radius 2 is 1.92 bits per heavy atom. The van der Waals surface area contributed by atoms with Gasteiger partial charge in [-0.1, -0.05) is 44.2 Å². The first kappa shape index (κ1) is 33.4. The molecule has 2 saturated heterocycles. The summed E-state index contributed by atoms with van der Waals surface area (Å²) in [6.45, 7) is 8.20. The lowest BCUT2D eigenvalue weighted by molar-refractivity contribution is -0.201. The summed E-state index contributed by atoms with van der Waals surface area (Å²) in [4.78, 5) is 24.4. The maximum Gasteiger partial charge on any atom is 0.254 e. The first-order chi connectivity index (χ1) is 24.5. The first-order valence-corrected chi connectivity index (χ1v) is 19.1. The number of likely N-dealkylation sites (N-methyl/N-ethyl adjacent to an activating group) is 1. The van der Waals surface area contributed by atoms with Crippen LogP contribution in [0.3, 0.4) is 0 Å². The SMILES string of the molecule is CC[C@]1(O)C[C@@H]2C[C@H](c3cc4c(cc3OC)N(C)[C@H]3[C@@](O)(C(N)=O)[C@H](O)[C@]5(CC)C=CCN6CC[C@]43[C@@H]65)c3[nH]c4ccccc4c3CCN(C2)C1. The second-order valence-electron chi connectivity index (χ2n) is 16.8. The van der Waals surface area contributed by atoms with E-state index in [0.717, 1.165) is 86.4 Å². The molecule has 1 unspecified atom stereocenters. The number of ether oxygens (including phenoxy) is 1. The number of carbonyl (C=O) groups is 1. The van der Waals surface area contributed by atoms with E-state index in [4.69, 9.17) is 10.5 Å². The number of rotatable bonds is 5. The molecule has 9 rings (SSSR count). The minimum Gasteiger partial charge on any atom is -0.496 e. The number of aliphatic hydroxyl groups is 3. The van der Waals surface area contributed by atoms with Crippen molar-refractivity contribution in [3.63, 3.8) is 0 Å². The fraction of sp³-hybridized carbons (Fsp3) is 0.585. The van der Waals surface area contributed by atoms with Gasteiger partial charge in [0, 0.05) is 89.9 Å². The van der Waals surface area contributed by atoms with Crippen molar-refractivity contribution in [2.24, 2.45) is 17.1 Å². The number of H-pyrrole nitrogens is 1. The van der Waals surface area contributed by atoms with Crippen LogP contribution in [0.4, 0.5) is 5.69 Å². The molecule has 5 aliphatic heterocycles. The van der Waals surface area contributed by atoms with Crippen LogP contribution < -0.4 is 15.4 Å². The van der Waals surface area contributed by atoms with Crippen LogP contribution in [0.1, 0.15) is 74.3 Å². The molecule has 10 atom stereocenters. The summed E-state index contributed by atoms with van der Waals surface area (Å²) in [5.41, 5.74) is 8.41. The molecule has 51 heavy (non-hydrogen) atoms. The first-order valence-electron chi connectivity index (χ1n) is 19.1. The molecule has 272 valence electrons. The summed E-state index contributed by atoms with van der Waals surface area (Å²) >= 11 is 0. The number of benzene rings is 2. The molecule has 6 heterocycles. The minimum atomic E-state index is -2.19. The molecule has 10 nitrogen and oxygen atoms in total. The molecular weight excluding hydrogens is 642 g/mol. The quantitative estimate of drug-likeness (QED) is 0.256. The Bertz CT molecular complexity index is 1940. The zero-order chi connectivity index (χ0) is 35.7. The van der Waals surface area contributed by atoms with Gasteiger partial charge in [-0.3, -0.25) is 14.6 Å². The van der Waals surface area contributed by atoms with E-state index in [0.29, 0.717) is 13.0 Å². The summed E-state index contributed by atoms with van der Waals surface area (Å²) in [5.74, 6) is 0.0763. The van der Waals surface area contributed by atoms with Crippen LogP contribution in [-0.2, 0) is 16.6 Å². The molecule has 2 bridgehead atoms. The number of amides is 1. The average molecular weight is 696 g/mol. The van der Waals surface area contributed by atoms with E-state index in [1.54, 1.807) is 7.11 Å². The molecule has 6 aliphatic rings. The largest absolute Gasteiger partial charge is 0.496 e. The van der Waals surface area contributed by atoms with Crippen LogP contribution in [0, 0.1) is 11.3 Å². The lowest BCUT2D eigenvalue weighted by atomic mass is 9.47. The van der Waals surface area contributed by atoms with Gasteiger partial charge in [-0.25, -0.2) is 0 Å². The topological polar surface area (TPSA) is 139 Å². The van der Waals surface area contributed by atoms with E-state index in [2.05, 4.69) is 70.3 Å². The van der Waals surface area contributed by atoms with Gasteiger partial charge in [-0.15, -0.1) is 0 Å². The van der Waals surface area contributed by atoms with Crippen molar-refractivity contribution >= 4 is 22.5 Å². The monoisotopic (exact) mass is 695 g/mol. The third-order valence-corrected chi connectivity index (χ3v) is 14.6. The van der Waals surface area contributed by atoms with Crippen molar-refractivity contribution in [3.05, 3.63) is 70.9 Å². The molecule has 3 fully saturated rings. The normalized spacial score (nSPS) is 39.8. The van der Waals surface area contributed by atoms with Gasteiger partial charge in [0.15, 0.2) is 5.60 Å². The summed E-state index contributed by atoms with van der Waals surface area (Å²) in [7, 11) is 3.65. The van der Waals surface area contributed by atoms with Gasteiger partial charge >= 0.3 is 0 Å². The number of primary amides is 1. The van der Waals surface area contributed by atoms with Gasteiger partial charge < -0.3 is 35.7 Å². The van der Waals surface area contributed by atoms with Gasteiger partial charge in [0.1, 0.15) is 11.9 Å². The predicted molar refractivity (Wildman–Crippen MR) is 197 cm³/mol. The van der Waals surface area contributed by atoms with Crippen LogP contribution in [0.2, 0.25) is 0 Å². The molecule has 1 saturated carbocycles. The summed E-state index contributed by atoms with van der Waals surface area (Å²) < 4.78 is 6.30. The highest BCUT2D eigenvalue weighted by atomic mass is 16.5. The molecule has 0 radical (unpaired) electrons. The van der Waals surface area contributed by atoms with Crippen molar-refractivity contribution in [2.45, 2.75) is 93.1 Å². The molecule has 1 spiro atoms. The Hall–Kier alpha value is -3.41. The molecule has 10 heteroatoms. The van der Waals surface area contributed by atoms with E-state index in [1.165, 1.54) is 16.6 Å². The minimum absolute atomic E-state index is 0.0542. The highest BCUT2D eigenvalue weighted by Gasteiger charge is 2.78. The van der Waals surface area contributed by atoms with Crippen molar-refractivity contribution in [2.75, 3.05) is 51.8 Å². The maximum atomic E-state index is 13.6. The van der Waals surface area contributed by atoms with Gasteiger partial charge in [0.05, 0.1) is 18.8 Å². The molecule has 1 aliphatic carbocycles. The number of nitrogens with two attached hydrogens (primary N) is 1. The number of hydrogen-bond acceptors (Lipinski definition) is 8. The number of aromatic nitrogens is 1. The second kappa shape index (κ2) is 11.3. The summed E-state index contributed by atoms with van der Waals surface area (Å²) in [6, 6.07) is 12.1. The fourth-order valence-electron chi connectivity index (χ4n) is 12.5. The number of para-hydroxylation sites is 1. The zero-order valence-corrected chi connectivity index (χ0v) is 30.4. The Balaban J connectivity index is 1.29.